The van der Waals surface area contributed by atoms with Crippen LogP contribution < -0.4 is 9.64 Å². The number of anilines is 1. The fraction of sp³-hybridized carbons (Fsp3) is 0.474. The molecule has 3 aromatic rings. The predicted octanol–water partition coefficient (Wildman–Crippen LogP) is 3.12. The van der Waals surface area contributed by atoms with Crippen LogP contribution in [0.2, 0.25) is 5.15 Å². The molecule has 11 heteroatoms. The molecule has 0 aromatic carbocycles. The first-order valence-electron chi connectivity index (χ1n) is 9.44. The Labute approximate surface area is 177 Å². The Morgan fingerprint density at radius 2 is 2.03 bits per heavy atom. The maximum atomic E-state index is 14.0. The molecule has 1 aliphatic rings. The second-order valence-corrected chi connectivity index (χ2v) is 7.98. The summed E-state index contributed by atoms with van der Waals surface area (Å²) in [5, 5.41) is 5.74. The van der Waals surface area contributed by atoms with Crippen LogP contribution in [0.15, 0.2) is 18.3 Å². The quantitative estimate of drug-likeness (QED) is 0.568. The van der Waals surface area contributed by atoms with Gasteiger partial charge in [0.1, 0.15) is 5.15 Å². The molecule has 0 spiro atoms. The molecule has 0 saturated carbocycles. The Balaban J connectivity index is 1.87. The van der Waals surface area contributed by atoms with Gasteiger partial charge in [0.15, 0.2) is 11.6 Å². The van der Waals surface area contributed by atoms with Crippen molar-refractivity contribution in [2.45, 2.75) is 25.3 Å². The van der Waals surface area contributed by atoms with Crippen molar-refractivity contribution >= 4 is 28.3 Å². The van der Waals surface area contributed by atoms with Crippen LogP contribution in [0.3, 0.4) is 0 Å². The topological polar surface area (TPSA) is 72.2 Å². The van der Waals surface area contributed by atoms with Crippen molar-refractivity contribution in [3.05, 3.63) is 29.3 Å². The average molecular weight is 438 g/mol. The van der Waals surface area contributed by atoms with Gasteiger partial charge >= 0.3 is 5.92 Å². The molecule has 8 nitrogen and oxygen atoms in total. The van der Waals surface area contributed by atoms with Crippen molar-refractivity contribution in [1.29, 1.82) is 0 Å². The average Bonchev–Trinajstić information content (AvgIpc) is 3.31. The lowest BCUT2D eigenvalue weighted by Crippen LogP contribution is -2.31. The number of hydrogen-bond donors (Lipinski definition) is 0. The Hall–Kier alpha value is -2.59. The Morgan fingerprint density at radius 1 is 1.27 bits per heavy atom. The fourth-order valence-electron chi connectivity index (χ4n) is 3.56. The molecule has 0 N–H and O–H groups in total. The van der Waals surface area contributed by atoms with Crippen molar-refractivity contribution in [2.24, 2.45) is 0 Å². The molecule has 4 heterocycles. The molecule has 3 aromatic heterocycles. The van der Waals surface area contributed by atoms with Crippen molar-refractivity contribution in [3.63, 3.8) is 0 Å². The zero-order valence-corrected chi connectivity index (χ0v) is 17.9. The monoisotopic (exact) mass is 437 g/mol. The number of alkyl halides is 2. The van der Waals surface area contributed by atoms with E-state index in [-0.39, 0.29) is 16.9 Å². The molecule has 30 heavy (non-hydrogen) atoms. The van der Waals surface area contributed by atoms with E-state index in [4.69, 9.17) is 21.4 Å². The van der Waals surface area contributed by atoms with Gasteiger partial charge < -0.3 is 14.5 Å². The number of ether oxygens (including phenoxy) is 1. The number of pyridine rings is 1. The summed E-state index contributed by atoms with van der Waals surface area (Å²) in [5.41, 5.74) is 0.615. The number of methoxy groups -OCH3 is 1. The highest BCUT2D eigenvalue weighted by atomic mass is 35.5. The third-order valence-electron chi connectivity index (χ3n) is 5.21. The van der Waals surface area contributed by atoms with E-state index in [1.807, 2.05) is 14.1 Å². The lowest BCUT2D eigenvalue weighted by molar-refractivity contribution is 0.00706. The smallest absolute Gasteiger partial charge is 0.304 e. The van der Waals surface area contributed by atoms with Gasteiger partial charge in [-0.05, 0) is 20.5 Å². The number of rotatable bonds is 5. The fourth-order valence-corrected chi connectivity index (χ4v) is 3.71. The number of halogens is 3. The molecule has 1 fully saturated rings. The van der Waals surface area contributed by atoms with E-state index in [9.17, 15) is 8.78 Å². The standard InChI is InChI=1S/C19H22ClF2N7O/c1-19(21,22)18-24-15(8-16(25-18)30-4)29-13-7-14(20)23-9-12(13)17(26-29)28-6-5-11(10-28)27(2)3/h7-9,11H,5-6,10H2,1-4H3/t11-/m0/s1. The van der Waals surface area contributed by atoms with Crippen LogP contribution in [0.25, 0.3) is 16.7 Å². The first-order valence-corrected chi connectivity index (χ1v) is 9.82. The molecular formula is C19H22ClF2N7O. The van der Waals surface area contributed by atoms with Crippen molar-refractivity contribution in [2.75, 3.05) is 39.2 Å². The highest BCUT2D eigenvalue weighted by Gasteiger charge is 2.31. The minimum atomic E-state index is -3.23. The summed E-state index contributed by atoms with van der Waals surface area (Å²) in [6.07, 6.45) is 2.64. The lowest BCUT2D eigenvalue weighted by atomic mass is 10.2. The van der Waals surface area contributed by atoms with Gasteiger partial charge in [-0.15, -0.1) is 5.10 Å². The van der Waals surface area contributed by atoms with E-state index in [0.717, 1.165) is 31.8 Å². The van der Waals surface area contributed by atoms with E-state index >= 15 is 0 Å². The number of nitrogens with zero attached hydrogens (tertiary/aromatic N) is 7. The summed E-state index contributed by atoms with van der Waals surface area (Å²) in [4.78, 5) is 16.4. The summed E-state index contributed by atoms with van der Waals surface area (Å²) in [6, 6.07) is 3.51. The molecule has 1 atom stereocenters. The summed E-state index contributed by atoms with van der Waals surface area (Å²) in [5.74, 6) is -2.98. The van der Waals surface area contributed by atoms with Gasteiger partial charge in [-0.2, -0.15) is 13.8 Å². The van der Waals surface area contributed by atoms with Crippen LogP contribution in [-0.4, -0.2) is 70.0 Å². The molecule has 4 rings (SSSR count). The Kier molecular flexibility index (Phi) is 5.23. The highest BCUT2D eigenvalue weighted by Crippen LogP contribution is 2.33. The molecule has 0 radical (unpaired) electrons. The van der Waals surface area contributed by atoms with Crippen molar-refractivity contribution < 1.29 is 13.5 Å². The second-order valence-electron chi connectivity index (χ2n) is 7.59. The van der Waals surface area contributed by atoms with Crippen LogP contribution in [0.4, 0.5) is 14.6 Å². The largest absolute Gasteiger partial charge is 0.481 e. The first-order chi connectivity index (χ1) is 14.2. The number of fused-ring (bicyclic) bond motifs is 1. The summed E-state index contributed by atoms with van der Waals surface area (Å²) in [6.45, 7) is 2.36. The van der Waals surface area contributed by atoms with Crippen LogP contribution in [0.1, 0.15) is 19.2 Å². The maximum Gasteiger partial charge on any atom is 0.304 e. The molecule has 0 amide bonds. The number of hydrogen-bond acceptors (Lipinski definition) is 7. The van der Waals surface area contributed by atoms with Crippen molar-refractivity contribution in [1.82, 2.24) is 29.6 Å². The van der Waals surface area contributed by atoms with Gasteiger partial charge in [-0.25, -0.2) is 14.6 Å². The number of aromatic nitrogens is 5. The summed E-state index contributed by atoms with van der Waals surface area (Å²) < 4.78 is 34.5. The minimum Gasteiger partial charge on any atom is -0.481 e. The van der Waals surface area contributed by atoms with Crippen LogP contribution in [-0.2, 0) is 5.92 Å². The third-order valence-corrected chi connectivity index (χ3v) is 5.42. The Bertz CT molecular complexity index is 1080. The van der Waals surface area contributed by atoms with Crippen molar-refractivity contribution in [3.8, 4) is 11.7 Å². The van der Waals surface area contributed by atoms with E-state index in [2.05, 4.69) is 24.8 Å². The van der Waals surface area contributed by atoms with E-state index in [1.165, 1.54) is 17.9 Å². The highest BCUT2D eigenvalue weighted by molar-refractivity contribution is 6.30. The number of likely N-dealkylation sites (N-methyl/N-ethyl adjacent to an activating group) is 1. The van der Waals surface area contributed by atoms with Gasteiger partial charge in [0.05, 0.1) is 18.0 Å². The normalized spacial score (nSPS) is 17.3. The van der Waals surface area contributed by atoms with Gasteiger partial charge in [0.25, 0.3) is 0 Å². The van der Waals surface area contributed by atoms with E-state index in [0.29, 0.717) is 17.4 Å². The molecule has 0 bridgehead atoms. The molecule has 160 valence electrons. The zero-order chi connectivity index (χ0) is 21.6. The maximum absolute atomic E-state index is 14.0. The first kappa shape index (κ1) is 20.7. The molecule has 0 aliphatic carbocycles. The van der Waals surface area contributed by atoms with E-state index in [1.54, 1.807) is 12.3 Å². The minimum absolute atomic E-state index is 0.0238. The third kappa shape index (κ3) is 3.77. The molecular weight excluding hydrogens is 416 g/mol. The molecule has 1 aliphatic heterocycles. The van der Waals surface area contributed by atoms with Gasteiger partial charge in [-0.3, -0.25) is 0 Å². The molecule has 1 saturated heterocycles. The van der Waals surface area contributed by atoms with Gasteiger partial charge in [-0.1, -0.05) is 11.6 Å². The van der Waals surface area contributed by atoms with Gasteiger partial charge in [0, 0.05) is 44.4 Å². The predicted molar refractivity (Wildman–Crippen MR) is 110 cm³/mol. The zero-order valence-electron chi connectivity index (χ0n) is 17.1. The van der Waals surface area contributed by atoms with Crippen LogP contribution >= 0.6 is 11.6 Å². The molecule has 0 unspecified atom stereocenters. The van der Waals surface area contributed by atoms with Crippen LogP contribution in [0.5, 0.6) is 5.88 Å². The second kappa shape index (κ2) is 7.59. The van der Waals surface area contributed by atoms with E-state index < -0.39 is 11.7 Å². The van der Waals surface area contributed by atoms with Gasteiger partial charge in [0.2, 0.25) is 11.7 Å². The SMILES string of the molecule is COc1cc(-n2nc(N3CC[C@H](N(C)C)C3)c3cnc(Cl)cc32)nc(C(C)(F)F)n1. The Morgan fingerprint density at radius 3 is 2.67 bits per heavy atom. The summed E-state index contributed by atoms with van der Waals surface area (Å²) >= 11 is 6.12. The lowest BCUT2D eigenvalue weighted by Gasteiger charge is -2.20. The van der Waals surface area contributed by atoms with Crippen LogP contribution in [0, 0.1) is 0 Å². The summed E-state index contributed by atoms with van der Waals surface area (Å²) in [7, 11) is 5.46.